The molecule has 0 spiro atoms. The van der Waals surface area contributed by atoms with Crippen LogP contribution in [0.2, 0.25) is 0 Å². The Hall–Kier alpha value is -1.50. The summed E-state index contributed by atoms with van der Waals surface area (Å²) in [6.07, 6.45) is 1.30. The second-order valence-corrected chi connectivity index (χ2v) is 4.25. The molecule has 0 unspecified atom stereocenters. The molecule has 0 radical (unpaired) electrons. The van der Waals surface area contributed by atoms with Gasteiger partial charge in [-0.15, -0.1) is 0 Å². The van der Waals surface area contributed by atoms with Gasteiger partial charge in [0.2, 0.25) is 5.88 Å². The number of fused-ring (bicyclic) bond motifs is 1. The van der Waals surface area contributed by atoms with Crippen LogP contribution in [0.15, 0.2) is 29.4 Å². The molecular formula is C10H7F3N2OS. The number of halogens is 3. The lowest BCUT2D eigenvalue weighted by molar-refractivity contribution is -0.0328. The second kappa shape index (κ2) is 4.40. The first-order valence-electron chi connectivity index (χ1n) is 4.54. The van der Waals surface area contributed by atoms with Gasteiger partial charge in [0.15, 0.2) is 0 Å². The van der Waals surface area contributed by atoms with Crippen molar-refractivity contribution in [1.82, 2.24) is 9.97 Å². The fourth-order valence-corrected chi connectivity index (χ4v) is 1.95. The Morgan fingerprint density at radius 2 is 2.00 bits per heavy atom. The molecular weight excluding hydrogens is 253 g/mol. The molecule has 7 heteroatoms. The maximum absolute atomic E-state index is 12.2. The van der Waals surface area contributed by atoms with E-state index in [1.54, 1.807) is 0 Å². The van der Waals surface area contributed by atoms with Crippen LogP contribution in [-0.2, 0) is 0 Å². The molecule has 0 N–H and O–H groups in total. The summed E-state index contributed by atoms with van der Waals surface area (Å²) in [6, 6.07) is 4.24. The fourth-order valence-electron chi connectivity index (χ4n) is 1.37. The van der Waals surface area contributed by atoms with Crippen LogP contribution in [0.3, 0.4) is 0 Å². The fraction of sp³-hybridized carbons (Fsp3) is 0.200. The summed E-state index contributed by atoms with van der Waals surface area (Å²) < 4.78 is 41.6. The Morgan fingerprint density at radius 3 is 2.65 bits per heavy atom. The summed E-state index contributed by atoms with van der Waals surface area (Å²) >= 11 is -0.176. The summed E-state index contributed by atoms with van der Waals surface area (Å²) in [7, 11) is 1.41. The number of nitrogens with zero attached hydrogens (tertiary/aromatic N) is 2. The first kappa shape index (κ1) is 12.0. The van der Waals surface area contributed by atoms with Crippen molar-refractivity contribution in [1.29, 1.82) is 0 Å². The van der Waals surface area contributed by atoms with Gasteiger partial charge in [-0.25, -0.2) is 9.97 Å². The van der Waals surface area contributed by atoms with Crippen molar-refractivity contribution in [3.05, 3.63) is 24.5 Å². The zero-order valence-corrected chi connectivity index (χ0v) is 9.47. The second-order valence-electron chi connectivity index (χ2n) is 3.11. The van der Waals surface area contributed by atoms with Gasteiger partial charge in [-0.1, -0.05) is 0 Å². The van der Waals surface area contributed by atoms with Crippen molar-refractivity contribution in [3.8, 4) is 5.88 Å². The van der Waals surface area contributed by atoms with E-state index >= 15 is 0 Å². The number of methoxy groups -OCH3 is 1. The molecule has 0 atom stereocenters. The van der Waals surface area contributed by atoms with Crippen LogP contribution in [0, 0.1) is 0 Å². The molecule has 0 saturated carbocycles. The van der Waals surface area contributed by atoms with E-state index in [4.69, 9.17) is 4.74 Å². The molecule has 0 saturated heterocycles. The van der Waals surface area contributed by atoms with Gasteiger partial charge in [0.1, 0.15) is 6.33 Å². The van der Waals surface area contributed by atoms with Crippen molar-refractivity contribution in [2.24, 2.45) is 0 Å². The van der Waals surface area contributed by atoms with Crippen LogP contribution < -0.4 is 4.74 Å². The molecule has 0 aliphatic heterocycles. The Bertz CT molecular complexity index is 545. The lowest BCUT2D eigenvalue weighted by atomic mass is 10.2. The van der Waals surface area contributed by atoms with Crippen LogP contribution in [0.25, 0.3) is 10.9 Å². The third kappa shape index (κ3) is 2.79. The molecule has 0 fully saturated rings. The Morgan fingerprint density at radius 1 is 1.24 bits per heavy atom. The van der Waals surface area contributed by atoms with Gasteiger partial charge >= 0.3 is 5.51 Å². The minimum atomic E-state index is -4.31. The molecule has 3 nitrogen and oxygen atoms in total. The lowest BCUT2D eigenvalue weighted by Crippen LogP contribution is -1.99. The van der Waals surface area contributed by atoms with Gasteiger partial charge in [-0.05, 0) is 30.0 Å². The summed E-state index contributed by atoms with van der Waals surface area (Å²) in [5.74, 6) is 0.264. The predicted molar refractivity (Wildman–Crippen MR) is 58.0 cm³/mol. The smallest absolute Gasteiger partial charge is 0.446 e. The SMILES string of the molecule is COc1ncnc2ccc(SC(F)(F)F)cc12. The average Bonchev–Trinajstić information content (AvgIpc) is 2.26. The minimum absolute atomic E-state index is 0.0816. The molecule has 1 aromatic carbocycles. The number of rotatable bonds is 2. The Labute approximate surface area is 99.0 Å². The molecule has 90 valence electrons. The Kier molecular flexibility index (Phi) is 3.10. The molecule has 2 rings (SSSR count). The normalized spacial score (nSPS) is 11.8. The number of thioether (sulfide) groups is 1. The molecule has 2 aromatic rings. The number of hydrogen-bond donors (Lipinski definition) is 0. The number of aromatic nitrogens is 2. The standard InChI is InChI=1S/C10H7F3N2OS/c1-16-9-7-4-6(17-10(11,12)13)2-3-8(7)14-5-15-9/h2-5H,1H3. The number of benzene rings is 1. The Balaban J connectivity index is 2.48. The minimum Gasteiger partial charge on any atom is -0.480 e. The predicted octanol–water partition coefficient (Wildman–Crippen LogP) is 3.25. The molecule has 0 amide bonds. The van der Waals surface area contributed by atoms with Gasteiger partial charge in [0.25, 0.3) is 0 Å². The highest BCUT2D eigenvalue weighted by atomic mass is 32.2. The van der Waals surface area contributed by atoms with E-state index in [1.165, 1.54) is 31.6 Å². The van der Waals surface area contributed by atoms with Crippen molar-refractivity contribution < 1.29 is 17.9 Å². The van der Waals surface area contributed by atoms with Crippen molar-refractivity contribution in [2.75, 3.05) is 7.11 Å². The average molecular weight is 260 g/mol. The molecule has 0 aliphatic rings. The van der Waals surface area contributed by atoms with Gasteiger partial charge < -0.3 is 4.74 Å². The maximum atomic E-state index is 12.2. The van der Waals surface area contributed by atoms with Gasteiger partial charge in [0, 0.05) is 4.90 Å². The largest absolute Gasteiger partial charge is 0.480 e. The monoisotopic (exact) mass is 260 g/mol. The first-order valence-corrected chi connectivity index (χ1v) is 5.36. The number of ether oxygens (including phenoxy) is 1. The van der Waals surface area contributed by atoms with Crippen molar-refractivity contribution in [2.45, 2.75) is 10.4 Å². The number of hydrogen-bond acceptors (Lipinski definition) is 4. The molecule has 0 bridgehead atoms. The highest BCUT2D eigenvalue weighted by Gasteiger charge is 2.29. The maximum Gasteiger partial charge on any atom is 0.446 e. The summed E-state index contributed by atoms with van der Waals surface area (Å²) in [5.41, 5.74) is -3.76. The van der Waals surface area contributed by atoms with Crippen LogP contribution in [0.1, 0.15) is 0 Å². The zero-order chi connectivity index (χ0) is 12.5. The summed E-state index contributed by atoms with van der Waals surface area (Å²) in [4.78, 5) is 7.87. The van der Waals surface area contributed by atoms with Crippen LogP contribution in [-0.4, -0.2) is 22.6 Å². The summed E-state index contributed by atoms with van der Waals surface area (Å²) in [5, 5.41) is 0.462. The van der Waals surface area contributed by atoms with Gasteiger partial charge in [-0.2, -0.15) is 13.2 Å². The molecule has 0 aliphatic carbocycles. The summed E-state index contributed by atoms with van der Waals surface area (Å²) in [6.45, 7) is 0. The van der Waals surface area contributed by atoms with E-state index in [9.17, 15) is 13.2 Å². The van der Waals surface area contributed by atoms with E-state index in [0.29, 0.717) is 10.9 Å². The van der Waals surface area contributed by atoms with Gasteiger partial charge in [-0.3, -0.25) is 0 Å². The zero-order valence-electron chi connectivity index (χ0n) is 8.65. The van der Waals surface area contributed by atoms with Crippen LogP contribution in [0.5, 0.6) is 5.88 Å². The molecule has 17 heavy (non-hydrogen) atoms. The molecule has 1 aromatic heterocycles. The van der Waals surface area contributed by atoms with E-state index in [0.717, 1.165) is 0 Å². The highest BCUT2D eigenvalue weighted by Crippen LogP contribution is 2.38. The van der Waals surface area contributed by atoms with E-state index < -0.39 is 5.51 Å². The van der Waals surface area contributed by atoms with Crippen molar-refractivity contribution in [3.63, 3.8) is 0 Å². The third-order valence-electron chi connectivity index (χ3n) is 2.00. The van der Waals surface area contributed by atoms with Crippen molar-refractivity contribution >= 4 is 22.7 Å². The highest BCUT2D eigenvalue weighted by molar-refractivity contribution is 8.00. The topological polar surface area (TPSA) is 35.0 Å². The van der Waals surface area contributed by atoms with Crippen LogP contribution >= 0.6 is 11.8 Å². The third-order valence-corrected chi connectivity index (χ3v) is 2.72. The molecule has 1 heterocycles. The quantitative estimate of drug-likeness (QED) is 0.776. The lowest BCUT2D eigenvalue weighted by Gasteiger charge is -2.07. The van der Waals surface area contributed by atoms with E-state index in [2.05, 4.69) is 9.97 Å². The van der Waals surface area contributed by atoms with Gasteiger partial charge in [0.05, 0.1) is 18.0 Å². The number of alkyl halides is 3. The van der Waals surface area contributed by atoms with E-state index in [1.807, 2.05) is 0 Å². The van der Waals surface area contributed by atoms with E-state index in [-0.39, 0.29) is 22.5 Å². The first-order chi connectivity index (χ1) is 7.99. The van der Waals surface area contributed by atoms with Crippen LogP contribution in [0.4, 0.5) is 13.2 Å².